The standard InChI is InChI=1S/C25H48O4Si/c1-4-7-10-19(22-13-16-26-22)25(29-30,20(11-8-5-2)23-14-17-27-23)21(12-9-6-3)24-15-18-28-24/h19-24H,4-18H2,1-3,30H3. The molecule has 0 aromatic carbocycles. The van der Waals surface area contributed by atoms with Crippen molar-refractivity contribution in [3.63, 3.8) is 0 Å². The van der Waals surface area contributed by atoms with E-state index in [9.17, 15) is 0 Å². The summed E-state index contributed by atoms with van der Waals surface area (Å²) < 4.78 is 25.7. The molecule has 0 bridgehead atoms. The highest BCUT2D eigenvalue weighted by Gasteiger charge is 2.59. The Hall–Kier alpha value is 0.0569. The zero-order valence-electron chi connectivity index (χ0n) is 20.2. The lowest BCUT2D eigenvalue weighted by atomic mass is 9.58. The van der Waals surface area contributed by atoms with Crippen molar-refractivity contribution in [1.82, 2.24) is 0 Å². The van der Waals surface area contributed by atoms with E-state index in [2.05, 4.69) is 20.8 Å². The van der Waals surface area contributed by atoms with Gasteiger partial charge in [0.1, 0.15) is 10.5 Å². The quantitative estimate of drug-likeness (QED) is 0.323. The average molecular weight is 441 g/mol. The first kappa shape index (κ1) is 24.7. The summed E-state index contributed by atoms with van der Waals surface area (Å²) in [5.41, 5.74) is -0.146. The SMILES string of the molecule is CCCCC(C1CCO1)C(O[SiH3])(C(CCCC)C1CCO1)C(CCCC)C1CCO1. The molecule has 5 heteroatoms. The van der Waals surface area contributed by atoms with Gasteiger partial charge in [-0.15, -0.1) is 0 Å². The fourth-order valence-corrected chi connectivity index (χ4v) is 7.28. The van der Waals surface area contributed by atoms with Gasteiger partial charge in [0.2, 0.25) is 0 Å². The summed E-state index contributed by atoms with van der Waals surface area (Å²) >= 11 is 0. The molecule has 0 radical (unpaired) electrons. The Kier molecular flexibility index (Phi) is 10.2. The van der Waals surface area contributed by atoms with Crippen LogP contribution >= 0.6 is 0 Å². The average Bonchev–Trinajstić information content (AvgIpc) is 2.63. The van der Waals surface area contributed by atoms with E-state index in [1.54, 1.807) is 0 Å². The molecule has 176 valence electrons. The molecule has 6 unspecified atom stereocenters. The molecule has 0 saturated carbocycles. The molecule has 0 aromatic rings. The summed E-state index contributed by atoms with van der Waals surface area (Å²) in [6, 6.07) is 0. The highest BCUT2D eigenvalue weighted by molar-refractivity contribution is 5.98. The first-order valence-electron chi connectivity index (χ1n) is 13.1. The molecule has 3 fully saturated rings. The lowest BCUT2D eigenvalue weighted by Crippen LogP contribution is -2.65. The van der Waals surface area contributed by atoms with Crippen LogP contribution < -0.4 is 0 Å². The molecular formula is C25H48O4Si. The molecule has 0 aliphatic carbocycles. The van der Waals surface area contributed by atoms with Gasteiger partial charge in [-0.05, 0) is 38.5 Å². The maximum atomic E-state index is 6.99. The fraction of sp³-hybridized carbons (Fsp3) is 1.00. The zero-order chi connectivity index (χ0) is 21.4. The third-order valence-corrected chi connectivity index (χ3v) is 8.95. The van der Waals surface area contributed by atoms with Crippen molar-refractivity contribution in [3.05, 3.63) is 0 Å². The molecule has 3 saturated heterocycles. The molecule has 0 amide bonds. The van der Waals surface area contributed by atoms with Crippen molar-refractivity contribution in [1.29, 1.82) is 0 Å². The van der Waals surface area contributed by atoms with Gasteiger partial charge in [-0.2, -0.15) is 0 Å². The van der Waals surface area contributed by atoms with Crippen LogP contribution in [0.15, 0.2) is 0 Å². The van der Waals surface area contributed by atoms with Crippen LogP contribution in [0.5, 0.6) is 0 Å². The Morgan fingerprint density at radius 1 is 0.700 bits per heavy atom. The molecular weight excluding hydrogens is 392 g/mol. The Labute approximate surface area is 188 Å². The van der Waals surface area contributed by atoms with Crippen molar-refractivity contribution in [2.24, 2.45) is 17.8 Å². The summed E-state index contributed by atoms with van der Waals surface area (Å²) in [5, 5.41) is 0. The predicted molar refractivity (Wildman–Crippen MR) is 126 cm³/mol. The van der Waals surface area contributed by atoms with Crippen molar-refractivity contribution in [3.8, 4) is 0 Å². The summed E-state index contributed by atoms with van der Waals surface area (Å²) in [6.45, 7) is 9.70. The summed E-state index contributed by atoms with van der Waals surface area (Å²) in [4.78, 5) is 0. The van der Waals surface area contributed by atoms with Crippen LogP contribution in [0.4, 0.5) is 0 Å². The second-order valence-electron chi connectivity index (χ2n) is 9.90. The van der Waals surface area contributed by atoms with Crippen LogP contribution in [0.3, 0.4) is 0 Å². The van der Waals surface area contributed by atoms with Gasteiger partial charge in [-0.25, -0.2) is 0 Å². The summed E-state index contributed by atoms with van der Waals surface area (Å²) in [6.07, 6.45) is 15.8. The molecule has 4 nitrogen and oxygen atoms in total. The van der Waals surface area contributed by atoms with Gasteiger partial charge < -0.3 is 18.6 Å². The third-order valence-electron chi connectivity index (χ3n) is 8.25. The van der Waals surface area contributed by atoms with E-state index in [0.29, 0.717) is 36.1 Å². The minimum Gasteiger partial charge on any atom is -0.421 e. The van der Waals surface area contributed by atoms with Crippen molar-refractivity contribution < 1.29 is 18.6 Å². The van der Waals surface area contributed by atoms with Gasteiger partial charge in [0.25, 0.3) is 0 Å². The van der Waals surface area contributed by atoms with Crippen molar-refractivity contribution >= 4 is 10.5 Å². The van der Waals surface area contributed by atoms with Crippen molar-refractivity contribution in [2.75, 3.05) is 19.8 Å². The minimum atomic E-state index is -0.146. The van der Waals surface area contributed by atoms with Gasteiger partial charge in [-0.1, -0.05) is 59.3 Å². The Morgan fingerprint density at radius 3 is 1.17 bits per heavy atom. The maximum Gasteiger partial charge on any atom is 0.146 e. The lowest BCUT2D eigenvalue weighted by Gasteiger charge is -2.59. The second kappa shape index (κ2) is 12.3. The van der Waals surface area contributed by atoms with Crippen LogP contribution in [-0.4, -0.2) is 54.2 Å². The van der Waals surface area contributed by atoms with Crippen LogP contribution in [0.2, 0.25) is 0 Å². The fourth-order valence-electron chi connectivity index (χ4n) is 6.37. The molecule has 6 atom stereocenters. The summed E-state index contributed by atoms with van der Waals surface area (Å²) in [7, 11) is 0.766. The Bertz CT molecular complexity index is 411. The Balaban J connectivity index is 2.01. The molecule has 3 aliphatic rings. The van der Waals surface area contributed by atoms with E-state index in [0.717, 1.165) is 30.3 Å². The molecule has 30 heavy (non-hydrogen) atoms. The molecule has 0 N–H and O–H groups in total. The molecule has 3 rings (SSSR count). The van der Waals surface area contributed by atoms with Crippen molar-refractivity contribution in [2.45, 2.75) is 122 Å². The number of hydrogen-bond donors (Lipinski definition) is 0. The number of ether oxygens (including phenoxy) is 3. The predicted octanol–water partition coefficient (Wildman–Crippen LogP) is 4.81. The van der Waals surface area contributed by atoms with E-state index in [4.69, 9.17) is 18.6 Å². The largest absolute Gasteiger partial charge is 0.421 e. The van der Waals surface area contributed by atoms with Crippen LogP contribution in [0.1, 0.15) is 97.8 Å². The smallest absolute Gasteiger partial charge is 0.146 e. The van der Waals surface area contributed by atoms with Gasteiger partial charge in [0.15, 0.2) is 0 Å². The normalized spacial score (nSPS) is 31.1. The van der Waals surface area contributed by atoms with Gasteiger partial charge >= 0.3 is 0 Å². The van der Waals surface area contributed by atoms with Crippen LogP contribution in [0.25, 0.3) is 0 Å². The van der Waals surface area contributed by atoms with Gasteiger partial charge in [0.05, 0.1) is 23.9 Å². The number of unbranched alkanes of at least 4 members (excludes halogenated alkanes) is 3. The van der Waals surface area contributed by atoms with Crippen LogP contribution in [0, 0.1) is 17.8 Å². The van der Waals surface area contributed by atoms with E-state index >= 15 is 0 Å². The van der Waals surface area contributed by atoms with Gasteiger partial charge in [0, 0.05) is 37.6 Å². The van der Waals surface area contributed by atoms with E-state index < -0.39 is 0 Å². The molecule has 3 aliphatic heterocycles. The number of rotatable bonds is 16. The minimum absolute atomic E-state index is 0.146. The van der Waals surface area contributed by atoms with E-state index in [-0.39, 0.29) is 5.60 Å². The zero-order valence-corrected chi connectivity index (χ0v) is 22.2. The molecule has 0 spiro atoms. The third kappa shape index (κ3) is 5.17. The highest BCUT2D eigenvalue weighted by atomic mass is 28.2. The summed E-state index contributed by atoms with van der Waals surface area (Å²) in [5.74, 6) is 1.42. The van der Waals surface area contributed by atoms with Gasteiger partial charge in [-0.3, -0.25) is 0 Å². The second-order valence-corrected chi connectivity index (χ2v) is 10.3. The highest BCUT2D eigenvalue weighted by Crippen LogP contribution is 2.53. The van der Waals surface area contributed by atoms with E-state index in [1.807, 2.05) is 0 Å². The van der Waals surface area contributed by atoms with Crippen LogP contribution in [-0.2, 0) is 18.6 Å². The first-order valence-corrected chi connectivity index (χ1v) is 13.9. The lowest BCUT2D eigenvalue weighted by molar-refractivity contribution is -0.244. The maximum absolute atomic E-state index is 6.99. The first-order chi connectivity index (χ1) is 14.7. The molecule has 0 aromatic heterocycles. The topological polar surface area (TPSA) is 36.9 Å². The monoisotopic (exact) mass is 440 g/mol. The number of hydrogen-bond acceptors (Lipinski definition) is 4. The van der Waals surface area contributed by atoms with E-state index in [1.165, 1.54) is 77.0 Å². The molecule has 3 heterocycles. The Morgan fingerprint density at radius 2 is 1.00 bits per heavy atom.